The van der Waals surface area contributed by atoms with Gasteiger partial charge in [0, 0.05) is 12.1 Å². The smallest absolute Gasteiger partial charge is 0.234 e. The number of nitrogens with one attached hydrogen (secondary N) is 2. The first kappa shape index (κ1) is 12.9. The largest absolute Gasteiger partial charge is 0.352 e. The van der Waals surface area contributed by atoms with E-state index < -0.39 is 0 Å². The summed E-state index contributed by atoms with van der Waals surface area (Å²) in [6.45, 7) is 2.71. The molecular weight excluding hydrogens is 212 g/mol. The van der Waals surface area contributed by atoms with Crippen LogP contribution in [0.5, 0.6) is 0 Å². The average Bonchev–Trinajstić information content (AvgIpc) is 3.00. The fraction of sp³-hybridized carbons (Fsp3) is 0.929. The van der Waals surface area contributed by atoms with Gasteiger partial charge < -0.3 is 10.6 Å². The van der Waals surface area contributed by atoms with Crippen LogP contribution in [0, 0.1) is 5.92 Å². The van der Waals surface area contributed by atoms with Crippen molar-refractivity contribution in [2.75, 3.05) is 6.54 Å². The lowest BCUT2D eigenvalue weighted by molar-refractivity contribution is -0.121. The molecule has 0 spiro atoms. The summed E-state index contributed by atoms with van der Waals surface area (Å²) in [6.07, 6.45) is 10.1. The molecule has 0 aromatic rings. The average molecular weight is 238 g/mol. The van der Waals surface area contributed by atoms with Gasteiger partial charge in [-0.05, 0) is 31.6 Å². The number of amides is 1. The summed E-state index contributed by atoms with van der Waals surface area (Å²) >= 11 is 0. The maximum atomic E-state index is 11.7. The van der Waals surface area contributed by atoms with Gasteiger partial charge in [-0.2, -0.15) is 0 Å². The van der Waals surface area contributed by atoms with E-state index in [4.69, 9.17) is 0 Å². The first-order valence-corrected chi connectivity index (χ1v) is 7.30. The van der Waals surface area contributed by atoms with Crippen LogP contribution >= 0.6 is 0 Å². The highest BCUT2D eigenvalue weighted by Gasteiger charge is 2.25. The summed E-state index contributed by atoms with van der Waals surface area (Å²) in [5.74, 6) is 1.12. The molecule has 1 atom stereocenters. The Labute approximate surface area is 105 Å². The predicted octanol–water partition coefficient (Wildman–Crippen LogP) is 2.21. The van der Waals surface area contributed by atoms with E-state index in [-0.39, 0.29) is 5.91 Å². The summed E-state index contributed by atoms with van der Waals surface area (Å²) in [7, 11) is 0. The Bertz CT molecular complexity index is 245. The molecule has 98 valence electrons. The number of rotatable bonds is 7. The minimum Gasteiger partial charge on any atom is -0.352 e. The van der Waals surface area contributed by atoms with Crippen molar-refractivity contribution in [1.82, 2.24) is 10.6 Å². The monoisotopic (exact) mass is 238 g/mol. The standard InChI is InChI=1S/C14H26N2O/c1-2-12(9-11-7-8-11)15-10-14(17)16-13-5-3-4-6-13/h11-13,15H,2-10H2,1H3,(H,16,17). The van der Waals surface area contributed by atoms with Crippen LogP contribution in [0.3, 0.4) is 0 Å². The fourth-order valence-corrected chi connectivity index (χ4v) is 2.74. The number of hydrogen-bond donors (Lipinski definition) is 2. The lowest BCUT2D eigenvalue weighted by Crippen LogP contribution is -2.42. The van der Waals surface area contributed by atoms with E-state index in [1.54, 1.807) is 0 Å². The molecule has 3 heteroatoms. The lowest BCUT2D eigenvalue weighted by Gasteiger charge is -2.18. The van der Waals surface area contributed by atoms with Crippen LogP contribution in [0.4, 0.5) is 0 Å². The summed E-state index contributed by atoms with van der Waals surface area (Å²) in [5, 5.41) is 6.53. The van der Waals surface area contributed by atoms with Gasteiger partial charge in [-0.15, -0.1) is 0 Å². The first-order chi connectivity index (χ1) is 8.28. The first-order valence-electron chi connectivity index (χ1n) is 7.30. The lowest BCUT2D eigenvalue weighted by atomic mass is 10.1. The van der Waals surface area contributed by atoms with Gasteiger partial charge in [0.1, 0.15) is 0 Å². The van der Waals surface area contributed by atoms with Crippen molar-refractivity contribution in [2.24, 2.45) is 5.92 Å². The molecule has 0 heterocycles. The summed E-state index contributed by atoms with van der Waals surface area (Å²) < 4.78 is 0. The van der Waals surface area contributed by atoms with E-state index in [0.29, 0.717) is 18.6 Å². The van der Waals surface area contributed by atoms with E-state index in [9.17, 15) is 4.79 Å². The SMILES string of the molecule is CCC(CC1CC1)NCC(=O)NC1CCCC1. The third-order valence-corrected chi connectivity index (χ3v) is 4.08. The van der Waals surface area contributed by atoms with Crippen LogP contribution in [-0.4, -0.2) is 24.5 Å². The zero-order chi connectivity index (χ0) is 12.1. The second kappa shape index (κ2) is 6.39. The Morgan fingerprint density at radius 1 is 1.24 bits per heavy atom. The normalized spacial score (nSPS) is 22.6. The molecule has 2 saturated carbocycles. The zero-order valence-electron chi connectivity index (χ0n) is 11.0. The van der Waals surface area contributed by atoms with Gasteiger partial charge in [0.15, 0.2) is 0 Å². The van der Waals surface area contributed by atoms with Gasteiger partial charge in [0.25, 0.3) is 0 Å². The van der Waals surface area contributed by atoms with Crippen molar-refractivity contribution >= 4 is 5.91 Å². The third kappa shape index (κ3) is 4.66. The topological polar surface area (TPSA) is 41.1 Å². The summed E-state index contributed by atoms with van der Waals surface area (Å²) in [6, 6.07) is 0.990. The van der Waals surface area contributed by atoms with Crippen LogP contribution in [0.25, 0.3) is 0 Å². The van der Waals surface area contributed by atoms with Crippen molar-refractivity contribution in [1.29, 1.82) is 0 Å². The molecule has 0 aromatic carbocycles. The maximum Gasteiger partial charge on any atom is 0.234 e. The minimum atomic E-state index is 0.186. The van der Waals surface area contributed by atoms with Crippen LogP contribution in [-0.2, 0) is 4.79 Å². The molecule has 0 aliphatic heterocycles. The summed E-state index contributed by atoms with van der Waals surface area (Å²) in [4.78, 5) is 11.7. The molecule has 1 amide bonds. The fourth-order valence-electron chi connectivity index (χ4n) is 2.74. The summed E-state index contributed by atoms with van der Waals surface area (Å²) in [5.41, 5.74) is 0. The van der Waals surface area contributed by atoms with Crippen LogP contribution < -0.4 is 10.6 Å². The molecule has 2 rings (SSSR count). The molecule has 3 nitrogen and oxygen atoms in total. The van der Waals surface area contributed by atoms with Gasteiger partial charge in [-0.1, -0.05) is 32.6 Å². The van der Waals surface area contributed by atoms with Crippen LogP contribution in [0.2, 0.25) is 0 Å². The number of carbonyl (C=O) groups is 1. The Kier molecular flexibility index (Phi) is 4.84. The quantitative estimate of drug-likeness (QED) is 0.714. The number of carbonyl (C=O) groups excluding carboxylic acids is 1. The molecule has 0 bridgehead atoms. The van der Waals surface area contributed by atoms with E-state index >= 15 is 0 Å². The van der Waals surface area contributed by atoms with Gasteiger partial charge in [0.05, 0.1) is 6.54 Å². The molecule has 0 aromatic heterocycles. The van der Waals surface area contributed by atoms with Gasteiger partial charge in [0.2, 0.25) is 5.91 Å². The molecule has 2 aliphatic rings. The van der Waals surface area contributed by atoms with E-state index in [0.717, 1.165) is 12.3 Å². The van der Waals surface area contributed by atoms with Gasteiger partial charge >= 0.3 is 0 Å². The third-order valence-electron chi connectivity index (χ3n) is 4.08. The van der Waals surface area contributed by atoms with Crippen molar-refractivity contribution < 1.29 is 4.79 Å². The van der Waals surface area contributed by atoms with Gasteiger partial charge in [-0.25, -0.2) is 0 Å². The highest BCUT2D eigenvalue weighted by Crippen LogP contribution is 2.33. The van der Waals surface area contributed by atoms with E-state index in [1.165, 1.54) is 44.9 Å². The molecule has 17 heavy (non-hydrogen) atoms. The molecule has 0 radical (unpaired) electrons. The second-order valence-electron chi connectivity index (χ2n) is 5.71. The van der Waals surface area contributed by atoms with E-state index in [1.807, 2.05) is 0 Å². The Morgan fingerprint density at radius 2 is 1.94 bits per heavy atom. The van der Waals surface area contributed by atoms with Gasteiger partial charge in [-0.3, -0.25) is 4.79 Å². The molecule has 2 N–H and O–H groups in total. The highest BCUT2D eigenvalue weighted by molar-refractivity contribution is 5.78. The predicted molar refractivity (Wildman–Crippen MR) is 69.8 cm³/mol. The molecule has 2 aliphatic carbocycles. The highest BCUT2D eigenvalue weighted by atomic mass is 16.1. The molecule has 0 saturated heterocycles. The van der Waals surface area contributed by atoms with Crippen molar-refractivity contribution in [3.63, 3.8) is 0 Å². The number of hydrogen-bond acceptors (Lipinski definition) is 2. The molecule has 2 fully saturated rings. The Balaban J connectivity index is 1.59. The second-order valence-corrected chi connectivity index (χ2v) is 5.71. The van der Waals surface area contributed by atoms with Crippen LogP contribution in [0.1, 0.15) is 58.3 Å². The minimum absolute atomic E-state index is 0.186. The van der Waals surface area contributed by atoms with Crippen molar-refractivity contribution in [2.45, 2.75) is 70.4 Å². The van der Waals surface area contributed by atoms with Crippen molar-refractivity contribution in [3.8, 4) is 0 Å². The van der Waals surface area contributed by atoms with E-state index in [2.05, 4.69) is 17.6 Å². The maximum absolute atomic E-state index is 11.7. The molecule has 1 unspecified atom stereocenters. The van der Waals surface area contributed by atoms with Crippen molar-refractivity contribution in [3.05, 3.63) is 0 Å². The Hall–Kier alpha value is -0.570. The molecular formula is C14H26N2O. The zero-order valence-corrected chi connectivity index (χ0v) is 11.0. The Morgan fingerprint density at radius 3 is 2.53 bits per heavy atom. The van der Waals surface area contributed by atoms with Crippen LogP contribution in [0.15, 0.2) is 0 Å².